The summed E-state index contributed by atoms with van der Waals surface area (Å²) in [5.41, 5.74) is 22.8. The molecular weight excluding hydrogens is 1090 g/mol. The van der Waals surface area contributed by atoms with E-state index in [2.05, 4.69) is 371 Å². The standard InChI is InChI=1S/C86H58N4/c1-7-23-59(24-8-1)61-39-43-63(44-40-61)65-47-51-81-77(55-65)79-57-71(49-53-83(79)89(81)69-31-15-5-16-32-69)87(67-27-11-3-12-28-67)85-73-35-19-21-37-75(73)86(76-38-22-20-36-74(76)85)88(68-29-13-4-14-30-68)72-50-54-84-80(58-72)78-56-66(48-52-82(78)90(84)70-33-17-6-18-34-70)64-45-41-62(42-46-64)60-25-9-2-10-26-60/h1-58H. The summed E-state index contributed by atoms with van der Waals surface area (Å²) in [6, 6.07) is 129. The van der Waals surface area contributed by atoms with E-state index < -0.39 is 0 Å². The van der Waals surface area contributed by atoms with Gasteiger partial charge in [0.15, 0.2) is 0 Å². The Morgan fingerprint density at radius 3 is 0.744 bits per heavy atom. The van der Waals surface area contributed by atoms with Crippen molar-refractivity contribution in [2.45, 2.75) is 0 Å². The normalized spacial score (nSPS) is 11.6. The Morgan fingerprint density at radius 1 is 0.167 bits per heavy atom. The van der Waals surface area contributed by atoms with Gasteiger partial charge in [-0.3, -0.25) is 0 Å². The molecule has 17 rings (SSSR count). The molecule has 2 heterocycles. The van der Waals surface area contributed by atoms with Crippen molar-refractivity contribution in [3.63, 3.8) is 0 Å². The second kappa shape index (κ2) is 22.1. The second-order valence-electron chi connectivity index (χ2n) is 23.2. The molecule has 0 fully saturated rings. The van der Waals surface area contributed by atoms with E-state index in [0.717, 1.165) is 89.1 Å². The number of anilines is 6. The minimum atomic E-state index is 1.06. The lowest BCUT2D eigenvalue weighted by molar-refractivity contribution is 1.18. The van der Waals surface area contributed by atoms with Gasteiger partial charge in [-0.2, -0.15) is 0 Å². The first-order chi connectivity index (χ1) is 44.7. The summed E-state index contributed by atoms with van der Waals surface area (Å²) >= 11 is 0. The van der Waals surface area contributed by atoms with Crippen LogP contribution in [0.25, 0.3) is 121 Å². The summed E-state index contributed by atoms with van der Waals surface area (Å²) in [5.74, 6) is 0. The summed E-state index contributed by atoms with van der Waals surface area (Å²) in [6.45, 7) is 0. The summed E-state index contributed by atoms with van der Waals surface area (Å²) in [5, 5.41) is 9.26. The summed E-state index contributed by atoms with van der Waals surface area (Å²) in [7, 11) is 0. The van der Waals surface area contributed by atoms with Crippen molar-refractivity contribution in [2.24, 2.45) is 0 Å². The highest BCUT2D eigenvalue weighted by atomic mass is 15.2. The number of aromatic nitrogens is 2. The molecule has 0 atom stereocenters. The number of nitrogens with zero attached hydrogens (tertiary/aromatic N) is 4. The van der Waals surface area contributed by atoms with Crippen molar-refractivity contribution in [1.29, 1.82) is 0 Å². The van der Waals surface area contributed by atoms with Gasteiger partial charge in [-0.25, -0.2) is 0 Å². The fraction of sp³-hybridized carbons (Fsp3) is 0. The van der Waals surface area contributed by atoms with Crippen molar-refractivity contribution in [3.05, 3.63) is 352 Å². The molecule has 0 saturated carbocycles. The molecule has 0 aliphatic rings. The SMILES string of the molecule is c1ccc(-c2ccc(-c3ccc4c(c3)c3cc(N(c5ccccc5)c5c6ccccc6c(N(c6ccccc6)c6ccc7c(c6)c6cc(-c8ccc(-c9ccccc9)cc8)ccc6n7-c6ccccc6)c6ccccc56)ccc3n4-c3ccccc3)cc2)cc1. The quantitative estimate of drug-likeness (QED) is 0.0895. The molecular formula is C86H58N4. The van der Waals surface area contributed by atoms with Crippen LogP contribution in [-0.2, 0) is 0 Å². The average molecular weight is 1150 g/mol. The van der Waals surface area contributed by atoms with Crippen LogP contribution in [0.4, 0.5) is 34.1 Å². The maximum atomic E-state index is 2.50. The van der Waals surface area contributed by atoms with E-state index in [0.29, 0.717) is 0 Å². The molecule has 15 aromatic carbocycles. The Kier molecular flexibility index (Phi) is 12.8. The highest BCUT2D eigenvalue weighted by molar-refractivity contribution is 6.24. The molecule has 90 heavy (non-hydrogen) atoms. The number of rotatable bonds is 12. The monoisotopic (exact) mass is 1150 g/mol. The smallest absolute Gasteiger partial charge is 0.0619 e. The van der Waals surface area contributed by atoms with Gasteiger partial charge in [-0.15, -0.1) is 0 Å². The number of fused-ring (bicyclic) bond motifs is 8. The first-order valence-electron chi connectivity index (χ1n) is 30.9. The third-order valence-electron chi connectivity index (χ3n) is 18.0. The Labute approximate surface area is 522 Å². The molecule has 4 heteroatoms. The average Bonchev–Trinajstić information content (AvgIpc) is 1.14. The number of hydrogen-bond acceptors (Lipinski definition) is 2. The Morgan fingerprint density at radius 2 is 0.411 bits per heavy atom. The van der Waals surface area contributed by atoms with E-state index in [9.17, 15) is 0 Å². The van der Waals surface area contributed by atoms with Gasteiger partial charge >= 0.3 is 0 Å². The first kappa shape index (κ1) is 52.4. The molecule has 0 aliphatic carbocycles. The molecule has 17 aromatic rings. The topological polar surface area (TPSA) is 16.3 Å². The van der Waals surface area contributed by atoms with Crippen LogP contribution >= 0.6 is 0 Å². The molecule has 422 valence electrons. The number of para-hydroxylation sites is 4. The summed E-state index contributed by atoms with van der Waals surface area (Å²) in [4.78, 5) is 4.99. The molecule has 0 amide bonds. The molecule has 0 N–H and O–H groups in total. The molecule has 0 bridgehead atoms. The lowest BCUT2D eigenvalue weighted by Gasteiger charge is -2.33. The van der Waals surface area contributed by atoms with Gasteiger partial charge in [0, 0.05) is 77.2 Å². The van der Waals surface area contributed by atoms with E-state index in [-0.39, 0.29) is 0 Å². The lowest BCUT2D eigenvalue weighted by Crippen LogP contribution is -2.14. The summed E-state index contributed by atoms with van der Waals surface area (Å²) in [6.07, 6.45) is 0. The highest BCUT2D eigenvalue weighted by Crippen LogP contribution is 2.52. The van der Waals surface area contributed by atoms with E-state index in [1.807, 2.05) is 0 Å². The van der Waals surface area contributed by atoms with Gasteiger partial charge in [0.05, 0.1) is 33.4 Å². The predicted molar refractivity (Wildman–Crippen MR) is 381 cm³/mol. The van der Waals surface area contributed by atoms with Crippen LogP contribution in [0.2, 0.25) is 0 Å². The van der Waals surface area contributed by atoms with Gasteiger partial charge in [-0.05, 0) is 154 Å². The van der Waals surface area contributed by atoms with E-state index in [4.69, 9.17) is 0 Å². The third-order valence-corrected chi connectivity index (χ3v) is 18.0. The number of hydrogen-bond donors (Lipinski definition) is 0. The first-order valence-corrected chi connectivity index (χ1v) is 30.9. The zero-order valence-corrected chi connectivity index (χ0v) is 49.3. The minimum absolute atomic E-state index is 1.06. The van der Waals surface area contributed by atoms with Gasteiger partial charge in [-0.1, -0.05) is 243 Å². The van der Waals surface area contributed by atoms with Gasteiger partial charge in [0.2, 0.25) is 0 Å². The second-order valence-corrected chi connectivity index (χ2v) is 23.2. The van der Waals surface area contributed by atoms with E-state index in [1.165, 1.54) is 66.1 Å². The van der Waals surface area contributed by atoms with Crippen molar-refractivity contribution < 1.29 is 0 Å². The van der Waals surface area contributed by atoms with Gasteiger partial charge in [0.1, 0.15) is 0 Å². The molecule has 2 aromatic heterocycles. The van der Waals surface area contributed by atoms with Gasteiger partial charge < -0.3 is 18.9 Å². The highest BCUT2D eigenvalue weighted by Gasteiger charge is 2.27. The fourth-order valence-corrected chi connectivity index (χ4v) is 13.9. The molecule has 4 nitrogen and oxygen atoms in total. The zero-order chi connectivity index (χ0) is 59.5. The Hall–Kier alpha value is -12.0. The van der Waals surface area contributed by atoms with Crippen LogP contribution in [0.15, 0.2) is 352 Å². The molecule has 0 unspecified atom stereocenters. The maximum Gasteiger partial charge on any atom is 0.0619 e. The molecule has 0 spiro atoms. The Bertz CT molecular complexity index is 5090. The number of benzene rings is 15. The lowest BCUT2D eigenvalue weighted by atomic mass is 9.95. The predicted octanol–water partition coefficient (Wildman–Crippen LogP) is 23.8. The largest absolute Gasteiger partial charge is 0.309 e. The van der Waals surface area contributed by atoms with Crippen molar-refractivity contribution in [3.8, 4) is 55.9 Å². The van der Waals surface area contributed by atoms with Crippen LogP contribution in [0, 0.1) is 0 Å². The van der Waals surface area contributed by atoms with Crippen LogP contribution in [0.1, 0.15) is 0 Å². The third kappa shape index (κ3) is 9.00. The van der Waals surface area contributed by atoms with Crippen LogP contribution < -0.4 is 9.80 Å². The minimum Gasteiger partial charge on any atom is -0.309 e. The van der Waals surface area contributed by atoms with Crippen LogP contribution in [0.3, 0.4) is 0 Å². The van der Waals surface area contributed by atoms with E-state index in [1.54, 1.807) is 0 Å². The zero-order valence-electron chi connectivity index (χ0n) is 49.3. The molecule has 0 aliphatic heterocycles. The van der Waals surface area contributed by atoms with Crippen molar-refractivity contribution in [2.75, 3.05) is 9.80 Å². The van der Waals surface area contributed by atoms with Crippen molar-refractivity contribution in [1.82, 2.24) is 9.13 Å². The van der Waals surface area contributed by atoms with E-state index >= 15 is 0 Å². The van der Waals surface area contributed by atoms with Crippen LogP contribution in [0.5, 0.6) is 0 Å². The van der Waals surface area contributed by atoms with Gasteiger partial charge in [0.25, 0.3) is 0 Å². The Balaban J connectivity index is 0.865. The molecule has 0 saturated heterocycles. The summed E-state index contributed by atoms with van der Waals surface area (Å²) < 4.78 is 4.84. The fourth-order valence-electron chi connectivity index (χ4n) is 13.9. The maximum absolute atomic E-state index is 2.50. The van der Waals surface area contributed by atoms with Crippen molar-refractivity contribution >= 4 is 99.3 Å². The van der Waals surface area contributed by atoms with Crippen LogP contribution in [-0.4, -0.2) is 9.13 Å². The molecule has 0 radical (unpaired) electrons.